The summed E-state index contributed by atoms with van der Waals surface area (Å²) in [5.41, 5.74) is 0.691. The van der Waals surface area contributed by atoms with Crippen molar-refractivity contribution in [1.29, 1.82) is 5.26 Å². The highest BCUT2D eigenvalue weighted by atomic mass is 16.5. The first kappa shape index (κ1) is 13.9. The van der Waals surface area contributed by atoms with Crippen molar-refractivity contribution in [2.45, 2.75) is 6.42 Å². The van der Waals surface area contributed by atoms with Gasteiger partial charge in [-0.1, -0.05) is 0 Å². The van der Waals surface area contributed by atoms with Crippen LogP contribution in [0.1, 0.15) is 16.8 Å². The molecule has 0 aromatic carbocycles. The van der Waals surface area contributed by atoms with E-state index in [2.05, 4.69) is 4.98 Å². The first-order valence-corrected chi connectivity index (χ1v) is 5.48. The maximum absolute atomic E-state index is 11.1. The number of nitriles is 1. The third kappa shape index (κ3) is 3.71. The van der Waals surface area contributed by atoms with E-state index in [0.717, 1.165) is 0 Å². The van der Waals surface area contributed by atoms with Crippen LogP contribution in [0.3, 0.4) is 0 Å². The summed E-state index contributed by atoms with van der Waals surface area (Å²) < 4.78 is 4.98. The third-order valence-electron chi connectivity index (χ3n) is 2.43. The molecule has 0 atom stereocenters. The molecule has 0 saturated heterocycles. The minimum atomic E-state index is -1.01. The van der Waals surface area contributed by atoms with Crippen molar-refractivity contribution in [3.05, 3.63) is 24.0 Å². The molecule has 18 heavy (non-hydrogen) atoms. The highest BCUT2D eigenvalue weighted by Crippen LogP contribution is 2.19. The predicted molar refractivity (Wildman–Crippen MR) is 65.5 cm³/mol. The number of aromatic carboxylic acids is 1. The normalized spacial score (nSPS) is 9.78. The molecule has 1 rings (SSSR count). The van der Waals surface area contributed by atoms with Gasteiger partial charge in [-0.2, -0.15) is 5.26 Å². The molecule has 0 saturated carbocycles. The number of hydrogen-bond donors (Lipinski definition) is 1. The van der Waals surface area contributed by atoms with Gasteiger partial charge in [-0.25, -0.2) is 4.79 Å². The number of carboxylic acids is 1. The molecular formula is C12H15N3O3. The van der Waals surface area contributed by atoms with Crippen molar-refractivity contribution < 1.29 is 14.6 Å². The van der Waals surface area contributed by atoms with Gasteiger partial charge in [-0.3, -0.25) is 4.98 Å². The van der Waals surface area contributed by atoms with E-state index in [-0.39, 0.29) is 5.56 Å². The van der Waals surface area contributed by atoms with Crippen molar-refractivity contribution in [2.75, 3.05) is 31.7 Å². The van der Waals surface area contributed by atoms with Crippen LogP contribution in [0.15, 0.2) is 18.5 Å². The summed E-state index contributed by atoms with van der Waals surface area (Å²) >= 11 is 0. The summed E-state index contributed by atoms with van der Waals surface area (Å²) in [6.07, 6.45) is 3.25. The smallest absolute Gasteiger partial charge is 0.337 e. The van der Waals surface area contributed by atoms with Gasteiger partial charge in [0.05, 0.1) is 36.5 Å². The van der Waals surface area contributed by atoms with E-state index in [1.165, 1.54) is 18.5 Å². The topological polar surface area (TPSA) is 86.5 Å². The van der Waals surface area contributed by atoms with Gasteiger partial charge in [0.15, 0.2) is 0 Å². The van der Waals surface area contributed by atoms with Crippen LogP contribution >= 0.6 is 0 Å². The van der Waals surface area contributed by atoms with Crippen LogP contribution in [0.2, 0.25) is 0 Å². The Kier molecular flexibility index (Phi) is 5.61. The number of hydrogen-bond acceptors (Lipinski definition) is 5. The second-order valence-corrected chi connectivity index (χ2v) is 3.59. The molecule has 0 spiro atoms. The van der Waals surface area contributed by atoms with E-state index >= 15 is 0 Å². The Bertz CT molecular complexity index is 442. The predicted octanol–water partition coefficient (Wildman–Crippen LogP) is 1.15. The van der Waals surface area contributed by atoms with Crippen LogP contribution in [0, 0.1) is 11.3 Å². The lowest BCUT2D eigenvalue weighted by Crippen LogP contribution is -2.29. The van der Waals surface area contributed by atoms with Gasteiger partial charge in [-0.15, -0.1) is 0 Å². The summed E-state index contributed by atoms with van der Waals surface area (Å²) in [6.45, 7) is 1.43. The van der Waals surface area contributed by atoms with Crippen molar-refractivity contribution in [3.8, 4) is 6.07 Å². The third-order valence-corrected chi connectivity index (χ3v) is 2.43. The number of anilines is 1. The van der Waals surface area contributed by atoms with Gasteiger partial charge in [0.25, 0.3) is 0 Å². The minimum absolute atomic E-state index is 0.180. The van der Waals surface area contributed by atoms with Crippen molar-refractivity contribution in [2.24, 2.45) is 0 Å². The molecule has 0 aliphatic carbocycles. The molecule has 1 N–H and O–H groups in total. The monoisotopic (exact) mass is 249 g/mol. The Hall–Kier alpha value is -2.13. The zero-order valence-corrected chi connectivity index (χ0v) is 10.2. The zero-order chi connectivity index (χ0) is 13.4. The molecule has 6 heteroatoms. The van der Waals surface area contributed by atoms with E-state index in [9.17, 15) is 4.79 Å². The number of methoxy groups -OCH3 is 1. The summed E-state index contributed by atoms with van der Waals surface area (Å²) in [7, 11) is 1.57. The lowest BCUT2D eigenvalue weighted by molar-refractivity contribution is 0.0697. The second-order valence-electron chi connectivity index (χ2n) is 3.59. The molecule has 0 radical (unpaired) electrons. The molecule has 96 valence electrons. The fourth-order valence-corrected chi connectivity index (χ4v) is 1.56. The number of carboxylic acid groups (broad SMARTS) is 1. The van der Waals surface area contributed by atoms with E-state index in [1.54, 1.807) is 12.0 Å². The van der Waals surface area contributed by atoms with E-state index in [0.29, 0.717) is 31.8 Å². The number of ether oxygens (including phenoxy) is 1. The highest BCUT2D eigenvalue weighted by molar-refractivity contribution is 5.94. The lowest BCUT2D eigenvalue weighted by Gasteiger charge is -2.24. The molecule has 0 aliphatic rings. The van der Waals surface area contributed by atoms with Gasteiger partial charge in [0.1, 0.15) is 0 Å². The fourth-order valence-electron chi connectivity index (χ4n) is 1.56. The number of aromatic nitrogens is 1. The number of pyridine rings is 1. The summed E-state index contributed by atoms with van der Waals surface area (Å²) in [5.74, 6) is -1.01. The molecule has 0 unspecified atom stereocenters. The Morgan fingerprint density at radius 3 is 3.00 bits per heavy atom. The summed E-state index contributed by atoms with van der Waals surface area (Å²) in [6, 6.07) is 3.49. The fraction of sp³-hybridized carbons (Fsp3) is 0.417. The van der Waals surface area contributed by atoms with Gasteiger partial charge < -0.3 is 14.7 Å². The lowest BCUT2D eigenvalue weighted by atomic mass is 10.2. The van der Waals surface area contributed by atoms with E-state index in [1.807, 2.05) is 6.07 Å². The van der Waals surface area contributed by atoms with Gasteiger partial charge in [0.2, 0.25) is 0 Å². The Labute approximate surface area is 105 Å². The average molecular weight is 249 g/mol. The zero-order valence-electron chi connectivity index (χ0n) is 10.2. The molecule has 0 aliphatic heterocycles. The number of carbonyl (C=O) groups is 1. The van der Waals surface area contributed by atoms with Crippen molar-refractivity contribution in [1.82, 2.24) is 4.98 Å². The van der Waals surface area contributed by atoms with E-state index < -0.39 is 5.97 Å². The maximum atomic E-state index is 11.1. The van der Waals surface area contributed by atoms with Crippen molar-refractivity contribution in [3.63, 3.8) is 0 Å². The number of rotatable bonds is 7. The quantitative estimate of drug-likeness (QED) is 0.780. The van der Waals surface area contributed by atoms with Crippen molar-refractivity contribution >= 4 is 11.7 Å². The minimum Gasteiger partial charge on any atom is -0.478 e. The Morgan fingerprint density at radius 2 is 2.39 bits per heavy atom. The Balaban J connectivity index is 2.96. The SMILES string of the molecule is COCCN(CCC#N)c1cnccc1C(=O)O. The van der Waals surface area contributed by atoms with Crippen LogP contribution in [-0.4, -0.2) is 42.9 Å². The Morgan fingerprint density at radius 1 is 1.61 bits per heavy atom. The van der Waals surface area contributed by atoms with Crippen LogP contribution in [-0.2, 0) is 4.74 Å². The standard InChI is InChI=1S/C12H15N3O3/c1-18-8-7-15(6-2-4-13)11-9-14-5-3-10(11)12(16)17/h3,5,9H,2,6-8H2,1H3,(H,16,17). The molecule has 1 aromatic heterocycles. The second kappa shape index (κ2) is 7.25. The first-order chi connectivity index (χ1) is 8.70. The molecular weight excluding hydrogens is 234 g/mol. The number of nitrogens with zero attached hydrogens (tertiary/aromatic N) is 3. The maximum Gasteiger partial charge on any atom is 0.337 e. The van der Waals surface area contributed by atoms with Gasteiger partial charge >= 0.3 is 5.97 Å². The summed E-state index contributed by atoms with van der Waals surface area (Å²) in [5, 5.41) is 17.7. The van der Waals surface area contributed by atoms with Crippen LogP contribution in [0.25, 0.3) is 0 Å². The van der Waals surface area contributed by atoms with Gasteiger partial charge in [-0.05, 0) is 6.07 Å². The van der Waals surface area contributed by atoms with Crippen LogP contribution in [0.4, 0.5) is 5.69 Å². The first-order valence-electron chi connectivity index (χ1n) is 5.48. The largest absolute Gasteiger partial charge is 0.478 e. The molecule has 1 heterocycles. The van der Waals surface area contributed by atoms with Gasteiger partial charge in [0, 0.05) is 26.4 Å². The molecule has 1 aromatic rings. The molecule has 0 amide bonds. The highest BCUT2D eigenvalue weighted by Gasteiger charge is 2.15. The molecule has 0 bridgehead atoms. The molecule has 0 fully saturated rings. The average Bonchev–Trinajstić information content (AvgIpc) is 2.39. The van der Waals surface area contributed by atoms with Crippen LogP contribution < -0.4 is 4.90 Å². The summed E-state index contributed by atoms with van der Waals surface area (Å²) in [4.78, 5) is 16.9. The molecule has 6 nitrogen and oxygen atoms in total. The van der Waals surface area contributed by atoms with Crippen LogP contribution in [0.5, 0.6) is 0 Å². The van der Waals surface area contributed by atoms with E-state index in [4.69, 9.17) is 15.1 Å².